The predicted octanol–water partition coefficient (Wildman–Crippen LogP) is 4.29. The van der Waals surface area contributed by atoms with E-state index in [1.807, 2.05) is 52.9 Å². The van der Waals surface area contributed by atoms with Crippen LogP contribution in [0.3, 0.4) is 0 Å². The zero-order chi connectivity index (χ0) is 20.7. The lowest BCUT2D eigenvalue weighted by molar-refractivity contribution is -0.129. The number of halogens is 1. The van der Waals surface area contributed by atoms with Crippen molar-refractivity contribution in [1.82, 2.24) is 24.6 Å². The van der Waals surface area contributed by atoms with Crippen molar-refractivity contribution in [3.8, 4) is 11.4 Å². The number of para-hydroxylation sites is 1. The molecule has 0 saturated carbocycles. The van der Waals surface area contributed by atoms with Gasteiger partial charge in [-0.2, -0.15) is 0 Å². The van der Waals surface area contributed by atoms with E-state index in [1.54, 1.807) is 0 Å². The molecule has 0 aliphatic carbocycles. The van der Waals surface area contributed by atoms with E-state index in [-0.39, 0.29) is 5.91 Å². The van der Waals surface area contributed by atoms with Crippen LogP contribution in [0.4, 0.5) is 0 Å². The van der Waals surface area contributed by atoms with Crippen molar-refractivity contribution in [2.24, 2.45) is 7.05 Å². The van der Waals surface area contributed by atoms with Crippen LogP contribution in [-0.4, -0.2) is 42.9 Å². The first-order valence-electron chi connectivity index (χ1n) is 9.74. The number of rotatable bonds is 4. The number of amides is 1. The number of aromatic amines is 1. The summed E-state index contributed by atoms with van der Waals surface area (Å²) in [5.74, 6) is 1.21. The quantitative estimate of drug-likeness (QED) is 0.483. The van der Waals surface area contributed by atoms with Crippen LogP contribution < -0.4 is 0 Å². The molecule has 3 heterocycles. The van der Waals surface area contributed by atoms with Gasteiger partial charge in [-0.15, -0.1) is 10.2 Å². The van der Waals surface area contributed by atoms with Crippen molar-refractivity contribution in [3.63, 3.8) is 0 Å². The number of H-pyrrole nitrogens is 1. The normalized spacial score (nSPS) is 13.6. The van der Waals surface area contributed by atoms with E-state index in [2.05, 4.69) is 27.3 Å². The highest BCUT2D eigenvalue weighted by atomic mass is 35.5. The molecule has 1 aliphatic rings. The number of nitrogens with one attached hydrogen (secondary N) is 1. The second-order valence-corrected chi connectivity index (χ2v) is 8.73. The molecule has 0 bridgehead atoms. The molecule has 0 atom stereocenters. The first-order valence-corrected chi connectivity index (χ1v) is 11.1. The van der Waals surface area contributed by atoms with Crippen molar-refractivity contribution < 1.29 is 4.79 Å². The highest BCUT2D eigenvalue weighted by molar-refractivity contribution is 7.99. The summed E-state index contributed by atoms with van der Waals surface area (Å²) in [7, 11) is 1.91. The van der Waals surface area contributed by atoms with Gasteiger partial charge in [-0.25, -0.2) is 0 Å². The van der Waals surface area contributed by atoms with Gasteiger partial charge < -0.3 is 14.5 Å². The number of carbonyl (C=O) groups is 1. The molecule has 0 spiro atoms. The van der Waals surface area contributed by atoms with Gasteiger partial charge in [0, 0.05) is 59.3 Å². The Labute approximate surface area is 183 Å². The van der Waals surface area contributed by atoms with E-state index in [0.29, 0.717) is 17.3 Å². The van der Waals surface area contributed by atoms with Crippen LogP contribution in [0.25, 0.3) is 22.3 Å². The summed E-state index contributed by atoms with van der Waals surface area (Å²) in [4.78, 5) is 18.3. The Morgan fingerprint density at radius 1 is 1.17 bits per heavy atom. The molecular formula is C22H20ClN5OS. The van der Waals surface area contributed by atoms with Crippen LogP contribution in [0.1, 0.15) is 11.3 Å². The van der Waals surface area contributed by atoms with Crippen molar-refractivity contribution in [2.45, 2.75) is 18.1 Å². The van der Waals surface area contributed by atoms with Crippen molar-refractivity contribution in [1.29, 1.82) is 0 Å². The fourth-order valence-corrected chi connectivity index (χ4v) is 4.83. The molecule has 2 aromatic carbocycles. The van der Waals surface area contributed by atoms with Gasteiger partial charge in [-0.05, 0) is 30.3 Å². The Morgan fingerprint density at radius 2 is 1.97 bits per heavy atom. The molecule has 1 amide bonds. The SMILES string of the molecule is Cn1c(SCC(=O)N2CCc3[nH]c4ccccc4c3C2)nnc1-c1ccc(Cl)cc1. The van der Waals surface area contributed by atoms with Crippen LogP contribution in [0.5, 0.6) is 0 Å². The van der Waals surface area contributed by atoms with E-state index in [4.69, 9.17) is 11.6 Å². The van der Waals surface area contributed by atoms with Crippen molar-refractivity contribution in [2.75, 3.05) is 12.3 Å². The van der Waals surface area contributed by atoms with E-state index in [0.717, 1.165) is 35.0 Å². The van der Waals surface area contributed by atoms with Gasteiger partial charge in [0.15, 0.2) is 11.0 Å². The second-order valence-electron chi connectivity index (χ2n) is 7.35. The van der Waals surface area contributed by atoms with Gasteiger partial charge in [0.2, 0.25) is 5.91 Å². The largest absolute Gasteiger partial charge is 0.358 e. The van der Waals surface area contributed by atoms with Gasteiger partial charge in [0.05, 0.1) is 5.75 Å². The van der Waals surface area contributed by atoms with Crippen LogP contribution >= 0.6 is 23.4 Å². The number of hydrogen-bond acceptors (Lipinski definition) is 4. The van der Waals surface area contributed by atoms with E-state index >= 15 is 0 Å². The molecule has 6 nitrogen and oxygen atoms in total. The summed E-state index contributed by atoms with van der Waals surface area (Å²) in [5.41, 5.74) is 4.56. The lowest BCUT2D eigenvalue weighted by Crippen LogP contribution is -2.36. The Morgan fingerprint density at radius 3 is 2.80 bits per heavy atom. The topological polar surface area (TPSA) is 66.8 Å². The maximum absolute atomic E-state index is 12.9. The molecule has 1 aliphatic heterocycles. The van der Waals surface area contributed by atoms with Gasteiger partial charge in [0.25, 0.3) is 0 Å². The molecule has 0 fully saturated rings. The maximum Gasteiger partial charge on any atom is 0.233 e. The van der Waals surface area contributed by atoms with Gasteiger partial charge in [-0.1, -0.05) is 41.6 Å². The number of fused-ring (bicyclic) bond motifs is 3. The van der Waals surface area contributed by atoms with Crippen molar-refractivity contribution in [3.05, 3.63) is 64.8 Å². The molecule has 30 heavy (non-hydrogen) atoms. The maximum atomic E-state index is 12.9. The number of benzene rings is 2. The monoisotopic (exact) mass is 437 g/mol. The fourth-order valence-electron chi connectivity index (χ4n) is 3.89. The van der Waals surface area contributed by atoms with Crippen LogP contribution in [-0.2, 0) is 24.8 Å². The number of thioether (sulfide) groups is 1. The summed E-state index contributed by atoms with van der Waals surface area (Å²) < 4.78 is 1.91. The number of hydrogen-bond donors (Lipinski definition) is 1. The summed E-state index contributed by atoms with van der Waals surface area (Å²) in [6.07, 6.45) is 0.852. The Balaban J connectivity index is 1.27. The van der Waals surface area contributed by atoms with Gasteiger partial charge >= 0.3 is 0 Å². The average molecular weight is 438 g/mol. The van der Waals surface area contributed by atoms with Crippen LogP contribution in [0.15, 0.2) is 53.7 Å². The number of aromatic nitrogens is 4. The number of carbonyl (C=O) groups excluding carboxylic acids is 1. The molecule has 1 N–H and O–H groups in total. The zero-order valence-corrected chi connectivity index (χ0v) is 18.0. The molecule has 4 aromatic rings. The average Bonchev–Trinajstić information content (AvgIpc) is 3.32. The Hall–Kier alpha value is -2.77. The first-order chi connectivity index (χ1) is 14.6. The third kappa shape index (κ3) is 3.48. The summed E-state index contributed by atoms with van der Waals surface area (Å²) in [6, 6.07) is 15.8. The third-order valence-corrected chi connectivity index (χ3v) is 6.75. The molecule has 0 radical (unpaired) electrons. The van der Waals surface area contributed by atoms with E-state index in [9.17, 15) is 4.79 Å². The zero-order valence-electron chi connectivity index (χ0n) is 16.4. The molecule has 5 rings (SSSR count). The molecular weight excluding hydrogens is 418 g/mol. The standard InChI is InChI=1S/C22H20ClN5OS/c1-27-21(14-6-8-15(23)9-7-14)25-26-22(27)30-13-20(29)28-11-10-19-17(12-28)16-4-2-3-5-18(16)24-19/h2-9,24H,10-13H2,1H3. The van der Waals surface area contributed by atoms with Gasteiger partial charge in [0.1, 0.15) is 0 Å². The highest BCUT2D eigenvalue weighted by Crippen LogP contribution is 2.29. The fraction of sp³-hybridized carbons (Fsp3) is 0.227. The lowest BCUT2D eigenvalue weighted by atomic mass is 10.0. The molecule has 152 valence electrons. The van der Waals surface area contributed by atoms with Gasteiger partial charge in [-0.3, -0.25) is 4.79 Å². The molecule has 8 heteroatoms. The predicted molar refractivity (Wildman–Crippen MR) is 120 cm³/mol. The lowest BCUT2D eigenvalue weighted by Gasteiger charge is -2.27. The number of nitrogens with zero attached hydrogens (tertiary/aromatic N) is 4. The summed E-state index contributed by atoms with van der Waals surface area (Å²) in [6.45, 7) is 1.38. The molecule has 0 saturated heterocycles. The highest BCUT2D eigenvalue weighted by Gasteiger charge is 2.24. The van der Waals surface area contributed by atoms with Crippen molar-refractivity contribution >= 4 is 40.2 Å². The van der Waals surface area contributed by atoms with Crippen LogP contribution in [0, 0.1) is 0 Å². The van der Waals surface area contributed by atoms with E-state index in [1.165, 1.54) is 28.4 Å². The minimum Gasteiger partial charge on any atom is -0.358 e. The van der Waals surface area contributed by atoms with E-state index < -0.39 is 0 Å². The Kier molecular flexibility index (Phi) is 5.00. The van der Waals surface area contributed by atoms with Crippen LogP contribution in [0.2, 0.25) is 5.02 Å². The smallest absolute Gasteiger partial charge is 0.233 e. The minimum absolute atomic E-state index is 0.118. The Bertz CT molecular complexity index is 1230. The molecule has 0 unspecified atom stereocenters. The first kappa shape index (κ1) is 19.2. The summed E-state index contributed by atoms with van der Waals surface area (Å²) in [5, 5.41) is 11.2. The minimum atomic E-state index is 0.118. The molecule has 2 aromatic heterocycles. The second kappa shape index (κ2) is 7.81. The summed E-state index contributed by atoms with van der Waals surface area (Å²) >= 11 is 7.39. The third-order valence-electron chi connectivity index (χ3n) is 5.50.